The maximum Gasteiger partial charge on any atom is 0.186 e. The molecule has 0 amide bonds. The van der Waals surface area contributed by atoms with Gasteiger partial charge in [0.1, 0.15) is 6.54 Å². The van der Waals surface area contributed by atoms with Gasteiger partial charge in [0.05, 0.1) is 5.69 Å². The Bertz CT molecular complexity index is 576. The highest BCUT2D eigenvalue weighted by molar-refractivity contribution is 5.57. The summed E-state index contributed by atoms with van der Waals surface area (Å²) in [6.45, 7) is 3.53. The number of nitrogen functional groups attached to an aromatic ring is 1. The van der Waals surface area contributed by atoms with Crippen molar-refractivity contribution in [3.63, 3.8) is 0 Å². The standard InChI is InChI=1S/C24H40N2/c1-2-3-4-5-6-7-8-9-10-13-19-26-22-17-12-11-15-20(22)24(25)21-16-14-18-23(21)26/h25H,2-19H2,1H3/p+1. The van der Waals surface area contributed by atoms with Crippen molar-refractivity contribution >= 4 is 5.69 Å². The van der Waals surface area contributed by atoms with Gasteiger partial charge < -0.3 is 5.73 Å². The summed E-state index contributed by atoms with van der Waals surface area (Å²) < 4.78 is 2.72. The normalized spacial score (nSPS) is 15.9. The van der Waals surface area contributed by atoms with Crippen LogP contribution in [0.25, 0.3) is 0 Å². The predicted octanol–water partition coefficient (Wildman–Crippen LogP) is 5.84. The second-order valence-corrected chi connectivity index (χ2v) is 8.66. The van der Waals surface area contributed by atoms with E-state index >= 15 is 0 Å². The summed E-state index contributed by atoms with van der Waals surface area (Å²) in [5.74, 6) is 0. The number of nitrogens with two attached hydrogens (primary N) is 1. The van der Waals surface area contributed by atoms with Gasteiger partial charge in [0, 0.05) is 30.4 Å². The number of anilines is 1. The number of hydrogen-bond acceptors (Lipinski definition) is 1. The molecule has 0 unspecified atom stereocenters. The van der Waals surface area contributed by atoms with Crippen molar-refractivity contribution in [3.05, 3.63) is 22.5 Å². The first-order valence-electron chi connectivity index (χ1n) is 11.7. The maximum atomic E-state index is 6.56. The summed E-state index contributed by atoms with van der Waals surface area (Å²) in [5, 5.41) is 0. The van der Waals surface area contributed by atoms with Crippen LogP contribution in [-0.4, -0.2) is 0 Å². The third kappa shape index (κ3) is 4.81. The monoisotopic (exact) mass is 357 g/mol. The lowest BCUT2D eigenvalue weighted by atomic mass is 9.91. The van der Waals surface area contributed by atoms with Crippen LogP contribution in [0.5, 0.6) is 0 Å². The first-order chi connectivity index (χ1) is 12.8. The summed E-state index contributed by atoms with van der Waals surface area (Å²) >= 11 is 0. The Balaban J connectivity index is 1.46. The number of rotatable bonds is 11. The van der Waals surface area contributed by atoms with E-state index in [0.29, 0.717) is 0 Å². The molecule has 2 N–H and O–H groups in total. The third-order valence-corrected chi connectivity index (χ3v) is 6.66. The topological polar surface area (TPSA) is 29.9 Å². The molecular weight excluding hydrogens is 316 g/mol. The van der Waals surface area contributed by atoms with Gasteiger partial charge >= 0.3 is 0 Å². The van der Waals surface area contributed by atoms with Crippen LogP contribution in [0.3, 0.4) is 0 Å². The van der Waals surface area contributed by atoms with Crippen molar-refractivity contribution in [2.24, 2.45) is 0 Å². The van der Waals surface area contributed by atoms with E-state index in [1.54, 1.807) is 11.4 Å². The van der Waals surface area contributed by atoms with Crippen LogP contribution < -0.4 is 10.3 Å². The van der Waals surface area contributed by atoms with Gasteiger partial charge in [-0.25, -0.2) is 0 Å². The highest BCUT2D eigenvalue weighted by Crippen LogP contribution is 2.33. The minimum Gasteiger partial charge on any atom is -0.398 e. The number of hydrogen-bond donors (Lipinski definition) is 1. The molecule has 0 aliphatic heterocycles. The Morgan fingerprint density at radius 3 is 1.81 bits per heavy atom. The molecule has 0 radical (unpaired) electrons. The van der Waals surface area contributed by atoms with Crippen molar-refractivity contribution in [1.82, 2.24) is 0 Å². The van der Waals surface area contributed by atoms with Crippen LogP contribution in [0.2, 0.25) is 0 Å². The lowest BCUT2D eigenvalue weighted by Crippen LogP contribution is -2.45. The molecule has 3 rings (SSSR count). The van der Waals surface area contributed by atoms with Gasteiger partial charge in [-0.2, -0.15) is 4.57 Å². The highest BCUT2D eigenvalue weighted by atomic mass is 15.0. The van der Waals surface area contributed by atoms with E-state index < -0.39 is 0 Å². The van der Waals surface area contributed by atoms with E-state index in [-0.39, 0.29) is 0 Å². The van der Waals surface area contributed by atoms with E-state index in [1.807, 2.05) is 0 Å². The maximum absolute atomic E-state index is 6.56. The molecule has 1 aromatic heterocycles. The quantitative estimate of drug-likeness (QED) is 0.391. The SMILES string of the molecule is CCCCCCCCCCCC[n+]1c2c(c(N)c3c1CCC3)CCCC2. The van der Waals surface area contributed by atoms with Gasteiger partial charge in [0.25, 0.3) is 0 Å². The summed E-state index contributed by atoms with van der Waals surface area (Å²) in [7, 11) is 0. The lowest BCUT2D eigenvalue weighted by molar-refractivity contribution is -0.711. The zero-order valence-corrected chi connectivity index (χ0v) is 17.3. The number of nitrogens with zero attached hydrogens (tertiary/aromatic N) is 1. The van der Waals surface area contributed by atoms with Crippen molar-refractivity contribution in [1.29, 1.82) is 0 Å². The number of aromatic nitrogens is 1. The molecule has 2 aliphatic carbocycles. The van der Waals surface area contributed by atoms with Gasteiger partial charge in [-0.1, -0.05) is 58.3 Å². The lowest BCUT2D eigenvalue weighted by Gasteiger charge is -2.20. The average Bonchev–Trinajstić information content (AvgIpc) is 3.15. The molecule has 1 aromatic rings. The molecule has 0 bridgehead atoms. The highest BCUT2D eigenvalue weighted by Gasteiger charge is 2.32. The first kappa shape index (κ1) is 19.7. The number of pyridine rings is 1. The molecule has 0 aromatic carbocycles. The number of fused-ring (bicyclic) bond motifs is 2. The zero-order chi connectivity index (χ0) is 18.2. The summed E-state index contributed by atoms with van der Waals surface area (Å²) in [4.78, 5) is 0. The second-order valence-electron chi connectivity index (χ2n) is 8.66. The van der Waals surface area contributed by atoms with Crippen LogP contribution in [0.15, 0.2) is 0 Å². The van der Waals surface area contributed by atoms with Crippen molar-refractivity contribution < 1.29 is 4.57 Å². The molecule has 2 aliphatic rings. The molecule has 146 valence electrons. The fraction of sp³-hybridized carbons (Fsp3) is 0.792. The Morgan fingerprint density at radius 1 is 0.654 bits per heavy atom. The van der Waals surface area contributed by atoms with Gasteiger partial charge in [0.15, 0.2) is 11.4 Å². The molecule has 0 saturated heterocycles. The first-order valence-corrected chi connectivity index (χ1v) is 11.7. The molecule has 1 heterocycles. The van der Waals surface area contributed by atoms with Crippen LogP contribution in [0.1, 0.15) is 113 Å². The van der Waals surface area contributed by atoms with Gasteiger partial charge in [0.2, 0.25) is 0 Å². The minimum atomic E-state index is 1.17. The van der Waals surface area contributed by atoms with Crippen molar-refractivity contribution in [2.45, 2.75) is 123 Å². The van der Waals surface area contributed by atoms with E-state index in [1.165, 1.54) is 133 Å². The predicted molar refractivity (Wildman–Crippen MR) is 112 cm³/mol. The van der Waals surface area contributed by atoms with Gasteiger partial charge in [-0.3, -0.25) is 0 Å². The molecule has 26 heavy (non-hydrogen) atoms. The summed E-state index contributed by atoms with van der Waals surface area (Å²) in [5.41, 5.74) is 14.0. The molecular formula is C24H41N2+. The minimum absolute atomic E-state index is 1.17. The molecule has 0 fully saturated rings. The van der Waals surface area contributed by atoms with Crippen molar-refractivity contribution in [2.75, 3.05) is 5.73 Å². The van der Waals surface area contributed by atoms with Gasteiger partial charge in [-0.15, -0.1) is 0 Å². The number of unbranched alkanes of at least 4 members (excludes halogenated alkanes) is 9. The van der Waals surface area contributed by atoms with E-state index in [2.05, 4.69) is 11.5 Å². The largest absolute Gasteiger partial charge is 0.398 e. The van der Waals surface area contributed by atoms with Gasteiger partial charge in [-0.05, 0) is 38.5 Å². The average molecular weight is 358 g/mol. The van der Waals surface area contributed by atoms with Crippen LogP contribution in [0, 0.1) is 0 Å². The van der Waals surface area contributed by atoms with Crippen LogP contribution in [0.4, 0.5) is 5.69 Å². The summed E-state index contributed by atoms with van der Waals surface area (Å²) in [6.07, 6.45) is 23.1. The van der Waals surface area contributed by atoms with E-state index in [9.17, 15) is 0 Å². The Morgan fingerprint density at radius 2 is 1.15 bits per heavy atom. The second kappa shape index (κ2) is 10.3. The molecule has 0 atom stereocenters. The Kier molecular flexibility index (Phi) is 7.83. The van der Waals surface area contributed by atoms with Crippen LogP contribution >= 0.6 is 0 Å². The van der Waals surface area contributed by atoms with Crippen molar-refractivity contribution in [3.8, 4) is 0 Å². The summed E-state index contributed by atoms with van der Waals surface area (Å²) in [6, 6.07) is 0. The molecule has 2 heteroatoms. The zero-order valence-electron chi connectivity index (χ0n) is 17.3. The fourth-order valence-corrected chi connectivity index (χ4v) is 5.17. The fourth-order valence-electron chi connectivity index (χ4n) is 5.17. The van der Waals surface area contributed by atoms with Crippen LogP contribution in [-0.2, 0) is 32.2 Å². The molecule has 0 saturated carbocycles. The molecule has 2 nitrogen and oxygen atoms in total. The van der Waals surface area contributed by atoms with E-state index in [0.717, 1.165) is 0 Å². The Labute approximate surface area is 161 Å². The smallest absolute Gasteiger partial charge is 0.186 e. The third-order valence-electron chi connectivity index (χ3n) is 6.66. The molecule has 0 spiro atoms. The van der Waals surface area contributed by atoms with E-state index in [4.69, 9.17) is 5.73 Å². The Hall–Kier alpha value is -1.05.